The molecule has 1 aliphatic rings. The maximum absolute atomic E-state index is 12.4. The molecule has 2 amide bonds. The molecule has 1 heterocycles. The molecule has 23 heavy (non-hydrogen) atoms. The molecule has 0 bridgehead atoms. The minimum Gasteiger partial charge on any atom is -0.385 e. The molecule has 5 nitrogen and oxygen atoms in total. The van der Waals surface area contributed by atoms with E-state index in [1.807, 2.05) is 25.1 Å². The number of hydrogen-bond donors (Lipinski definition) is 1. The Bertz CT molecular complexity index is 571. The normalized spacial score (nSPS) is 17.6. The fourth-order valence-electron chi connectivity index (χ4n) is 3.06. The van der Waals surface area contributed by atoms with Crippen molar-refractivity contribution >= 4 is 17.5 Å². The fraction of sp³-hybridized carbons (Fsp3) is 0.556. The number of nitrogens with one attached hydrogen (secondary N) is 1. The Labute approximate surface area is 138 Å². The summed E-state index contributed by atoms with van der Waals surface area (Å²) >= 11 is 0. The van der Waals surface area contributed by atoms with Crippen LogP contribution >= 0.6 is 0 Å². The van der Waals surface area contributed by atoms with E-state index in [2.05, 4.69) is 12.2 Å². The maximum Gasteiger partial charge on any atom is 0.227 e. The van der Waals surface area contributed by atoms with Crippen molar-refractivity contribution in [3.63, 3.8) is 0 Å². The van der Waals surface area contributed by atoms with Gasteiger partial charge in [0.05, 0.1) is 5.92 Å². The van der Waals surface area contributed by atoms with Crippen molar-refractivity contribution in [3.8, 4) is 0 Å². The number of rotatable bonds is 7. The zero-order chi connectivity index (χ0) is 16.8. The van der Waals surface area contributed by atoms with Crippen LogP contribution in [0.5, 0.6) is 0 Å². The van der Waals surface area contributed by atoms with Crippen molar-refractivity contribution in [2.24, 2.45) is 5.92 Å². The van der Waals surface area contributed by atoms with Crippen LogP contribution in [-0.4, -0.2) is 38.6 Å². The van der Waals surface area contributed by atoms with Gasteiger partial charge in [0.1, 0.15) is 0 Å². The van der Waals surface area contributed by atoms with Crippen LogP contribution in [0.25, 0.3) is 0 Å². The van der Waals surface area contributed by atoms with E-state index >= 15 is 0 Å². The third-order valence-electron chi connectivity index (χ3n) is 4.29. The van der Waals surface area contributed by atoms with Gasteiger partial charge in [0, 0.05) is 38.9 Å². The van der Waals surface area contributed by atoms with Crippen LogP contribution in [0.15, 0.2) is 18.2 Å². The van der Waals surface area contributed by atoms with Crippen LogP contribution in [0.4, 0.5) is 5.69 Å². The Balaban J connectivity index is 2.04. The van der Waals surface area contributed by atoms with E-state index in [4.69, 9.17) is 4.74 Å². The second-order valence-electron chi connectivity index (χ2n) is 5.98. The quantitative estimate of drug-likeness (QED) is 0.783. The predicted octanol–water partition coefficient (Wildman–Crippen LogP) is 2.06. The van der Waals surface area contributed by atoms with Crippen molar-refractivity contribution in [1.82, 2.24) is 5.32 Å². The van der Waals surface area contributed by atoms with Gasteiger partial charge in [-0.15, -0.1) is 0 Å². The van der Waals surface area contributed by atoms with E-state index in [1.165, 1.54) is 0 Å². The monoisotopic (exact) mass is 318 g/mol. The van der Waals surface area contributed by atoms with Crippen LogP contribution in [-0.2, 0) is 20.7 Å². The summed E-state index contributed by atoms with van der Waals surface area (Å²) in [6, 6.07) is 6.08. The number of ether oxygens (including phenoxy) is 1. The lowest BCUT2D eigenvalue weighted by atomic mass is 10.0. The molecule has 1 aliphatic heterocycles. The highest BCUT2D eigenvalue weighted by Gasteiger charge is 2.36. The molecule has 1 atom stereocenters. The molecular formula is C18H26N2O3. The average Bonchev–Trinajstić information content (AvgIpc) is 2.92. The highest BCUT2D eigenvalue weighted by molar-refractivity contribution is 6.01. The van der Waals surface area contributed by atoms with Gasteiger partial charge in [0.2, 0.25) is 11.8 Å². The van der Waals surface area contributed by atoms with Crippen LogP contribution in [0, 0.1) is 12.8 Å². The number of methoxy groups -OCH3 is 1. The summed E-state index contributed by atoms with van der Waals surface area (Å²) in [7, 11) is 1.64. The topological polar surface area (TPSA) is 58.6 Å². The Morgan fingerprint density at radius 3 is 2.91 bits per heavy atom. The standard InChI is InChI=1S/C18H26N2O3/c1-4-14-8-5-7-13(2)17(14)20-12-15(11-16(20)21)18(22)19-9-6-10-23-3/h5,7-8,15H,4,6,9-12H2,1-3H3,(H,19,22). The van der Waals surface area contributed by atoms with E-state index in [-0.39, 0.29) is 24.2 Å². The van der Waals surface area contributed by atoms with Crippen molar-refractivity contribution in [2.75, 3.05) is 31.7 Å². The summed E-state index contributed by atoms with van der Waals surface area (Å²) in [5.74, 6) is -0.274. The average molecular weight is 318 g/mol. The number of nitrogens with zero attached hydrogens (tertiary/aromatic N) is 1. The van der Waals surface area contributed by atoms with Gasteiger partial charge in [-0.05, 0) is 30.9 Å². The van der Waals surface area contributed by atoms with Crippen LogP contribution in [0.2, 0.25) is 0 Å². The van der Waals surface area contributed by atoms with Gasteiger partial charge >= 0.3 is 0 Å². The number of amides is 2. The summed E-state index contributed by atoms with van der Waals surface area (Å²) < 4.78 is 4.97. The number of aryl methyl sites for hydroxylation is 2. The molecule has 5 heteroatoms. The number of para-hydroxylation sites is 1. The highest BCUT2D eigenvalue weighted by Crippen LogP contribution is 2.31. The molecule has 1 aromatic rings. The molecule has 1 fully saturated rings. The summed E-state index contributed by atoms with van der Waals surface area (Å²) in [6.45, 7) is 5.77. The van der Waals surface area contributed by atoms with Crippen molar-refractivity contribution in [2.45, 2.75) is 33.1 Å². The molecule has 0 saturated carbocycles. The van der Waals surface area contributed by atoms with Crippen molar-refractivity contribution in [1.29, 1.82) is 0 Å². The van der Waals surface area contributed by atoms with Gasteiger partial charge in [-0.2, -0.15) is 0 Å². The Morgan fingerprint density at radius 1 is 1.43 bits per heavy atom. The van der Waals surface area contributed by atoms with Gasteiger partial charge < -0.3 is 15.0 Å². The zero-order valence-corrected chi connectivity index (χ0v) is 14.2. The van der Waals surface area contributed by atoms with Crippen molar-refractivity contribution in [3.05, 3.63) is 29.3 Å². The first-order chi connectivity index (χ1) is 11.1. The molecule has 1 unspecified atom stereocenters. The third kappa shape index (κ3) is 4.10. The van der Waals surface area contributed by atoms with E-state index in [9.17, 15) is 9.59 Å². The van der Waals surface area contributed by atoms with Gasteiger partial charge in [-0.1, -0.05) is 25.1 Å². The van der Waals surface area contributed by atoms with E-state index in [1.54, 1.807) is 12.0 Å². The maximum atomic E-state index is 12.4. The molecule has 2 rings (SSSR count). The minimum absolute atomic E-state index is 0.0334. The Morgan fingerprint density at radius 2 is 2.22 bits per heavy atom. The second kappa shape index (κ2) is 8.11. The molecule has 0 spiro atoms. The molecule has 1 N–H and O–H groups in total. The van der Waals surface area contributed by atoms with Crippen LogP contribution in [0.3, 0.4) is 0 Å². The summed E-state index contributed by atoms with van der Waals surface area (Å²) in [5, 5.41) is 2.90. The lowest BCUT2D eigenvalue weighted by Gasteiger charge is -2.22. The minimum atomic E-state index is -0.269. The summed E-state index contributed by atoms with van der Waals surface area (Å²) in [6.07, 6.45) is 1.94. The zero-order valence-electron chi connectivity index (χ0n) is 14.2. The number of hydrogen-bond acceptors (Lipinski definition) is 3. The van der Waals surface area contributed by atoms with Gasteiger partial charge in [0.15, 0.2) is 0 Å². The largest absolute Gasteiger partial charge is 0.385 e. The van der Waals surface area contributed by atoms with Crippen LogP contribution in [0.1, 0.15) is 30.9 Å². The number of anilines is 1. The molecular weight excluding hydrogens is 292 g/mol. The summed E-state index contributed by atoms with van der Waals surface area (Å²) in [5.41, 5.74) is 3.22. The molecule has 0 radical (unpaired) electrons. The molecule has 0 aromatic heterocycles. The lowest BCUT2D eigenvalue weighted by Crippen LogP contribution is -2.34. The number of carbonyl (C=O) groups is 2. The SMILES string of the molecule is CCc1cccc(C)c1N1CC(C(=O)NCCCOC)CC1=O. The highest BCUT2D eigenvalue weighted by atomic mass is 16.5. The molecule has 126 valence electrons. The molecule has 1 aromatic carbocycles. The lowest BCUT2D eigenvalue weighted by molar-refractivity contribution is -0.126. The van der Waals surface area contributed by atoms with Gasteiger partial charge in [-0.3, -0.25) is 9.59 Å². The number of carbonyl (C=O) groups excluding carboxylic acids is 2. The second-order valence-corrected chi connectivity index (χ2v) is 5.98. The van der Waals surface area contributed by atoms with Gasteiger partial charge in [-0.25, -0.2) is 0 Å². The fourth-order valence-corrected chi connectivity index (χ4v) is 3.06. The van der Waals surface area contributed by atoms with E-state index in [0.717, 1.165) is 29.7 Å². The Kier molecular flexibility index (Phi) is 6.16. The molecule has 1 saturated heterocycles. The summed E-state index contributed by atoms with van der Waals surface area (Å²) in [4.78, 5) is 26.4. The van der Waals surface area contributed by atoms with Gasteiger partial charge in [0.25, 0.3) is 0 Å². The Hall–Kier alpha value is -1.88. The van der Waals surface area contributed by atoms with Crippen LogP contribution < -0.4 is 10.2 Å². The smallest absolute Gasteiger partial charge is 0.227 e. The number of benzene rings is 1. The first-order valence-corrected chi connectivity index (χ1v) is 8.24. The van der Waals surface area contributed by atoms with E-state index in [0.29, 0.717) is 19.7 Å². The predicted molar refractivity (Wildman–Crippen MR) is 90.5 cm³/mol. The van der Waals surface area contributed by atoms with Crippen molar-refractivity contribution < 1.29 is 14.3 Å². The first kappa shape index (κ1) is 17.5. The third-order valence-corrected chi connectivity index (χ3v) is 4.29. The first-order valence-electron chi connectivity index (χ1n) is 8.24. The molecule has 0 aliphatic carbocycles. The van der Waals surface area contributed by atoms with E-state index < -0.39 is 0 Å².